The van der Waals surface area contributed by atoms with Gasteiger partial charge in [0.15, 0.2) is 17.3 Å². The molecule has 1 aromatic heterocycles. The predicted molar refractivity (Wildman–Crippen MR) is 99.7 cm³/mol. The van der Waals surface area contributed by atoms with Gasteiger partial charge in [-0.2, -0.15) is 0 Å². The summed E-state index contributed by atoms with van der Waals surface area (Å²) in [5.74, 6) is 1.31. The standard InChI is InChI=1S/C17H23N3O6S/c1-12-9-16(19-26-12)20(27(4,22)23)11-17(21)18-8-7-13-5-6-14(24-2)15(10-13)25-3/h5-6,9-10H,7-8,11H2,1-4H3,(H,18,21). The van der Waals surface area contributed by atoms with Crippen LogP contribution >= 0.6 is 0 Å². The van der Waals surface area contributed by atoms with Gasteiger partial charge in [-0.25, -0.2) is 12.7 Å². The fourth-order valence-corrected chi connectivity index (χ4v) is 3.19. The normalized spacial score (nSPS) is 11.1. The summed E-state index contributed by atoms with van der Waals surface area (Å²) in [7, 11) is -0.566. The Hall–Kier alpha value is -2.75. The average Bonchev–Trinajstić information content (AvgIpc) is 3.04. The summed E-state index contributed by atoms with van der Waals surface area (Å²) in [5.41, 5.74) is 0.944. The van der Waals surface area contributed by atoms with Gasteiger partial charge in [0.1, 0.15) is 12.3 Å². The number of aromatic nitrogens is 1. The van der Waals surface area contributed by atoms with Gasteiger partial charge in [0.2, 0.25) is 15.9 Å². The molecular formula is C17H23N3O6S. The summed E-state index contributed by atoms with van der Waals surface area (Å²) in [4.78, 5) is 12.2. The molecule has 1 amide bonds. The molecule has 1 N–H and O–H groups in total. The first-order valence-electron chi connectivity index (χ1n) is 8.13. The molecule has 0 saturated heterocycles. The lowest BCUT2D eigenvalue weighted by Crippen LogP contribution is -2.41. The first kappa shape index (κ1) is 20.6. The van der Waals surface area contributed by atoms with Crippen LogP contribution in [0.25, 0.3) is 0 Å². The van der Waals surface area contributed by atoms with Crippen molar-refractivity contribution in [1.82, 2.24) is 10.5 Å². The van der Waals surface area contributed by atoms with E-state index in [4.69, 9.17) is 14.0 Å². The minimum atomic E-state index is -3.67. The molecule has 0 aliphatic carbocycles. The Labute approximate surface area is 158 Å². The Kier molecular flexibility index (Phi) is 6.67. The maximum absolute atomic E-state index is 12.2. The number of anilines is 1. The number of hydrogen-bond donors (Lipinski definition) is 1. The van der Waals surface area contributed by atoms with Crippen molar-refractivity contribution in [3.05, 3.63) is 35.6 Å². The predicted octanol–water partition coefficient (Wildman–Crippen LogP) is 1.13. The number of methoxy groups -OCH3 is 2. The number of amides is 1. The summed E-state index contributed by atoms with van der Waals surface area (Å²) in [5, 5.41) is 6.37. The lowest BCUT2D eigenvalue weighted by molar-refractivity contribution is -0.119. The third-order valence-corrected chi connectivity index (χ3v) is 4.86. The second-order valence-corrected chi connectivity index (χ2v) is 7.76. The SMILES string of the molecule is COc1ccc(CCNC(=O)CN(c2cc(C)on2)S(C)(=O)=O)cc1OC. The van der Waals surface area contributed by atoms with Crippen LogP contribution in [-0.4, -0.2) is 53.0 Å². The van der Waals surface area contributed by atoms with Gasteiger partial charge in [0, 0.05) is 12.6 Å². The second kappa shape index (κ2) is 8.76. The van der Waals surface area contributed by atoms with Crippen LogP contribution in [0.4, 0.5) is 5.82 Å². The molecule has 1 aromatic carbocycles. The first-order chi connectivity index (χ1) is 12.7. The lowest BCUT2D eigenvalue weighted by Gasteiger charge is -2.18. The molecular weight excluding hydrogens is 374 g/mol. The highest BCUT2D eigenvalue weighted by Crippen LogP contribution is 2.27. The monoisotopic (exact) mass is 397 g/mol. The molecule has 1 heterocycles. The van der Waals surface area contributed by atoms with E-state index >= 15 is 0 Å². The van der Waals surface area contributed by atoms with Crippen LogP contribution in [0.3, 0.4) is 0 Å². The van der Waals surface area contributed by atoms with Crippen LogP contribution in [0.1, 0.15) is 11.3 Å². The molecule has 0 saturated carbocycles. The van der Waals surface area contributed by atoms with E-state index in [1.54, 1.807) is 27.2 Å². The van der Waals surface area contributed by atoms with Crippen molar-refractivity contribution in [1.29, 1.82) is 0 Å². The number of sulfonamides is 1. The van der Waals surface area contributed by atoms with E-state index in [0.717, 1.165) is 16.1 Å². The molecule has 2 rings (SSSR count). The molecule has 9 nitrogen and oxygen atoms in total. The quantitative estimate of drug-likeness (QED) is 0.675. The summed E-state index contributed by atoms with van der Waals surface area (Å²) in [6.07, 6.45) is 1.56. The number of aryl methyl sites for hydroxylation is 1. The molecule has 0 radical (unpaired) electrons. The maximum Gasteiger partial charge on any atom is 0.240 e. The first-order valence-corrected chi connectivity index (χ1v) is 9.98. The van der Waals surface area contributed by atoms with E-state index in [-0.39, 0.29) is 12.4 Å². The Morgan fingerprint density at radius 3 is 2.48 bits per heavy atom. The van der Waals surface area contributed by atoms with Crippen LogP contribution in [-0.2, 0) is 21.2 Å². The van der Waals surface area contributed by atoms with Crippen molar-refractivity contribution in [2.24, 2.45) is 0 Å². The zero-order valence-corrected chi connectivity index (χ0v) is 16.5. The summed E-state index contributed by atoms with van der Waals surface area (Å²) < 4.78 is 40.1. The molecule has 0 atom stereocenters. The van der Waals surface area contributed by atoms with E-state index in [1.165, 1.54) is 6.07 Å². The Balaban J connectivity index is 1.95. The van der Waals surface area contributed by atoms with Crippen LogP contribution < -0.4 is 19.1 Å². The molecule has 2 aromatic rings. The fourth-order valence-electron chi connectivity index (χ4n) is 2.41. The summed E-state index contributed by atoms with van der Waals surface area (Å²) in [6.45, 7) is 1.60. The molecule has 0 spiro atoms. The highest BCUT2D eigenvalue weighted by Gasteiger charge is 2.23. The van der Waals surface area contributed by atoms with Gasteiger partial charge in [-0.3, -0.25) is 4.79 Å². The van der Waals surface area contributed by atoms with Crippen LogP contribution in [0, 0.1) is 6.92 Å². The number of rotatable bonds is 9. The molecule has 0 unspecified atom stereocenters. The van der Waals surface area contributed by atoms with E-state index < -0.39 is 15.9 Å². The topological polar surface area (TPSA) is 111 Å². The Morgan fingerprint density at radius 2 is 1.93 bits per heavy atom. The zero-order valence-electron chi connectivity index (χ0n) is 15.7. The molecule has 148 valence electrons. The minimum Gasteiger partial charge on any atom is -0.493 e. The summed E-state index contributed by atoms with van der Waals surface area (Å²) >= 11 is 0. The molecule has 0 aliphatic heterocycles. The zero-order chi connectivity index (χ0) is 20.0. The van der Waals surface area contributed by atoms with Crippen molar-refractivity contribution in [3.8, 4) is 11.5 Å². The molecule has 10 heteroatoms. The number of carbonyl (C=O) groups is 1. The van der Waals surface area contributed by atoms with Crippen LogP contribution in [0.5, 0.6) is 11.5 Å². The van der Waals surface area contributed by atoms with E-state index in [9.17, 15) is 13.2 Å². The van der Waals surface area contributed by atoms with Crippen LogP contribution in [0.2, 0.25) is 0 Å². The molecule has 0 fully saturated rings. The number of hydrogen-bond acceptors (Lipinski definition) is 7. The van der Waals surface area contributed by atoms with Crippen molar-refractivity contribution >= 4 is 21.7 Å². The van der Waals surface area contributed by atoms with Crippen molar-refractivity contribution in [2.45, 2.75) is 13.3 Å². The van der Waals surface area contributed by atoms with Gasteiger partial charge < -0.3 is 19.3 Å². The van der Waals surface area contributed by atoms with Gasteiger partial charge in [0.25, 0.3) is 0 Å². The van der Waals surface area contributed by atoms with Crippen molar-refractivity contribution in [3.63, 3.8) is 0 Å². The number of carbonyl (C=O) groups excluding carboxylic acids is 1. The molecule has 0 aliphatic rings. The highest BCUT2D eigenvalue weighted by molar-refractivity contribution is 7.92. The van der Waals surface area contributed by atoms with Gasteiger partial charge in [-0.15, -0.1) is 0 Å². The largest absolute Gasteiger partial charge is 0.493 e. The summed E-state index contributed by atoms with van der Waals surface area (Å²) in [6, 6.07) is 6.94. The van der Waals surface area contributed by atoms with Crippen molar-refractivity contribution in [2.75, 3.05) is 37.9 Å². The second-order valence-electron chi connectivity index (χ2n) is 5.85. The Morgan fingerprint density at radius 1 is 1.22 bits per heavy atom. The van der Waals surface area contributed by atoms with E-state index in [2.05, 4.69) is 10.5 Å². The third kappa shape index (κ3) is 5.61. The fraction of sp³-hybridized carbons (Fsp3) is 0.412. The van der Waals surface area contributed by atoms with Gasteiger partial charge in [-0.1, -0.05) is 11.2 Å². The van der Waals surface area contributed by atoms with Gasteiger partial charge in [0.05, 0.1) is 20.5 Å². The molecule has 0 bridgehead atoms. The third-order valence-electron chi connectivity index (χ3n) is 3.74. The van der Waals surface area contributed by atoms with Crippen LogP contribution in [0.15, 0.2) is 28.8 Å². The number of nitrogens with zero attached hydrogens (tertiary/aromatic N) is 2. The number of nitrogens with one attached hydrogen (secondary N) is 1. The maximum atomic E-state index is 12.2. The van der Waals surface area contributed by atoms with E-state index in [0.29, 0.717) is 30.2 Å². The number of ether oxygens (including phenoxy) is 2. The Bertz CT molecular complexity index is 894. The lowest BCUT2D eigenvalue weighted by atomic mass is 10.1. The van der Waals surface area contributed by atoms with Crippen molar-refractivity contribution < 1.29 is 27.2 Å². The molecule has 27 heavy (non-hydrogen) atoms. The smallest absolute Gasteiger partial charge is 0.240 e. The van der Waals surface area contributed by atoms with Gasteiger partial charge >= 0.3 is 0 Å². The van der Waals surface area contributed by atoms with E-state index in [1.807, 2.05) is 12.1 Å². The average molecular weight is 397 g/mol. The highest BCUT2D eigenvalue weighted by atomic mass is 32.2. The van der Waals surface area contributed by atoms with Gasteiger partial charge in [-0.05, 0) is 31.0 Å². The number of benzene rings is 1. The minimum absolute atomic E-state index is 0.0741.